The molecule has 106 valence electrons. The molecule has 2 aromatic rings. The lowest BCUT2D eigenvalue weighted by molar-refractivity contribution is 0.608. The zero-order valence-electron chi connectivity index (χ0n) is 11.6. The van der Waals surface area contributed by atoms with E-state index in [1.54, 1.807) is 27.1 Å². The molecule has 0 aliphatic carbocycles. The number of nitrogens with zero attached hydrogens (tertiary/aromatic N) is 2. The van der Waals surface area contributed by atoms with Gasteiger partial charge in [0.1, 0.15) is 11.6 Å². The number of hydrogen-bond donors (Lipinski definition) is 2. The lowest BCUT2D eigenvalue weighted by Gasteiger charge is -2.11. The first kappa shape index (κ1) is 14.7. The van der Waals surface area contributed by atoms with E-state index in [-0.39, 0.29) is 5.82 Å². The minimum Gasteiger partial charge on any atom is -0.365 e. The highest BCUT2D eigenvalue weighted by Crippen LogP contribution is 2.21. The molecular formula is C14H16BrFN4. The predicted molar refractivity (Wildman–Crippen MR) is 82.5 cm³/mol. The molecule has 2 rings (SSSR count). The molecule has 0 aliphatic rings. The highest BCUT2D eigenvalue weighted by Gasteiger charge is 2.07. The molecule has 0 spiro atoms. The molecule has 0 aliphatic heterocycles. The third-order valence-corrected chi connectivity index (χ3v) is 3.50. The molecule has 0 saturated heterocycles. The summed E-state index contributed by atoms with van der Waals surface area (Å²) in [5.74, 6) is 1.10. The van der Waals surface area contributed by atoms with Crippen LogP contribution in [0.5, 0.6) is 0 Å². The predicted octanol–water partition coefficient (Wildman–Crippen LogP) is 3.65. The molecule has 1 aromatic carbocycles. The van der Waals surface area contributed by atoms with E-state index in [4.69, 9.17) is 0 Å². The van der Waals surface area contributed by atoms with Crippen molar-refractivity contribution in [2.24, 2.45) is 0 Å². The van der Waals surface area contributed by atoms with Crippen LogP contribution in [0.4, 0.5) is 16.2 Å². The normalized spacial score (nSPS) is 10.4. The molecule has 0 radical (unpaired) electrons. The minimum atomic E-state index is -0.144. The Bertz CT molecular complexity index is 608. The van der Waals surface area contributed by atoms with Crippen molar-refractivity contribution in [3.8, 4) is 0 Å². The molecule has 0 saturated carbocycles. The topological polar surface area (TPSA) is 49.8 Å². The van der Waals surface area contributed by atoms with Crippen molar-refractivity contribution in [1.29, 1.82) is 0 Å². The molecule has 6 heteroatoms. The number of anilines is 2. The first-order valence-electron chi connectivity index (χ1n) is 6.21. The van der Waals surface area contributed by atoms with Crippen LogP contribution in [0.1, 0.15) is 16.7 Å². The van der Waals surface area contributed by atoms with E-state index in [0.717, 1.165) is 10.0 Å². The fourth-order valence-electron chi connectivity index (χ4n) is 1.93. The molecule has 0 bridgehead atoms. The number of aryl methyl sites for hydroxylation is 2. The van der Waals surface area contributed by atoms with Gasteiger partial charge >= 0.3 is 0 Å². The maximum atomic E-state index is 13.6. The van der Waals surface area contributed by atoms with Gasteiger partial charge in [0.15, 0.2) is 0 Å². The van der Waals surface area contributed by atoms with Crippen molar-refractivity contribution in [2.45, 2.75) is 20.4 Å². The van der Waals surface area contributed by atoms with Crippen molar-refractivity contribution < 1.29 is 4.39 Å². The molecule has 0 amide bonds. The molecular weight excluding hydrogens is 323 g/mol. The maximum Gasteiger partial charge on any atom is 0.224 e. The molecule has 0 unspecified atom stereocenters. The van der Waals surface area contributed by atoms with Gasteiger partial charge in [-0.15, -0.1) is 0 Å². The highest BCUT2D eigenvalue weighted by atomic mass is 79.9. The SMILES string of the molecule is CNc1ncc(Br)c(NCc2cc(C)c(F)c(C)c2)n1. The van der Waals surface area contributed by atoms with E-state index < -0.39 is 0 Å². The second-order valence-corrected chi connectivity index (χ2v) is 5.39. The van der Waals surface area contributed by atoms with Crippen molar-refractivity contribution in [1.82, 2.24) is 9.97 Å². The second kappa shape index (κ2) is 6.17. The zero-order valence-corrected chi connectivity index (χ0v) is 13.2. The third-order valence-electron chi connectivity index (χ3n) is 2.92. The van der Waals surface area contributed by atoms with E-state index >= 15 is 0 Å². The van der Waals surface area contributed by atoms with Crippen LogP contribution in [-0.4, -0.2) is 17.0 Å². The minimum absolute atomic E-state index is 0.144. The lowest BCUT2D eigenvalue weighted by atomic mass is 10.1. The number of rotatable bonds is 4. The maximum absolute atomic E-state index is 13.6. The van der Waals surface area contributed by atoms with Crippen LogP contribution in [0, 0.1) is 19.7 Å². The number of benzene rings is 1. The first-order chi connectivity index (χ1) is 9.51. The van der Waals surface area contributed by atoms with Crippen LogP contribution in [-0.2, 0) is 6.54 Å². The van der Waals surface area contributed by atoms with Gasteiger partial charge in [-0.05, 0) is 46.5 Å². The summed E-state index contributed by atoms with van der Waals surface area (Å²) in [6, 6.07) is 3.67. The van der Waals surface area contributed by atoms with Crippen LogP contribution in [0.3, 0.4) is 0 Å². The Kier molecular flexibility index (Phi) is 4.54. The van der Waals surface area contributed by atoms with Crippen LogP contribution in [0.25, 0.3) is 0 Å². The first-order valence-corrected chi connectivity index (χ1v) is 7.00. The van der Waals surface area contributed by atoms with Gasteiger partial charge in [0.2, 0.25) is 5.95 Å². The number of aromatic nitrogens is 2. The summed E-state index contributed by atoms with van der Waals surface area (Å²) in [6.07, 6.45) is 1.68. The van der Waals surface area contributed by atoms with Crippen molar-refractivity contribution in [3.05, 3.63) is 45.3 Å². The Balaban J connectivity index is 2.16. The van der Waals surface area contributed by atoms with Gasteiger partial charge in [-0.25, -0.2) is 9.37 Å². The molecule has 2 N–H and O–H groups in total. The Hall–Kier alpha value is -1.69. The van der Waals surface area contributed by atoms with Crippen LogP contribution >= 0.6 is 15.9 Å². The van der Waals surface area contributed by atoms with E-state index in [1.807, 2.05) is 12.1 Å². The highest BCUT2D eigenvalue weighted by molar-refractivity contribution is 9.10. The molecule has 20 heavy (non-hydrogen) atoms. The standard InChI is InChI=1S/C14H16BrFN4/c1-8-4-10(5-9(2)12(8)16)6-18-13-11(15)7-19-14(17-3)20-13/h4-5,7H,6H2,1-3H3,(H2,17,18,19,20). The number of hydrogen-bond acceptors (Lipinski definition) is 4. The lowest BCUT2D eigenvalue weighted by Crippen LogP contribution is -2.06. The van der Waals surface area contributed by atoms with Gasteiger partial charge < -0.3 is 10.6 Å². The van der Waals surface area contributed by atoms with Crippen molar-refractivity contribution >= 4 is 27.7 Å². The molecule has 0 fully saturated rings. The van der Waals surface area contributed by atoms with E-state index in [9.17, 15) is 4.39 Å². The number of halogens is 2. The van der Waals surface area contributed by atoms with Gasteiger partial charge in [-0.1, -0.05) is 12.1 Å². The van der Waals surface area contributed by atoms with E-state index in [0.29, 0.717) is 29.4 Å². The van der Waals surface area contributed by atoms with Crippen molar-refractivity contribution in [2.75, 3.05) is 17.7 Å². The monoisotopic (exact) mass is 338 g/mol. The summed E-state index contributed by atoms with van der Waals surface area (Å²) in [4.78, 5) is 8.41. The van der Waals surface area contributed by atoms with E-state index in [2.05, 4.69) is 36.5 Å². The Morgan fingerprint density at radius 2 is 1.90 bits per heavy atom. The molecule has 0 atom stereocenters. The summed E-state index contributed by atoms with van der Waals surface area (Å²) >= 11 is 3.40. The number of nitrogens with one attached hydrogen (secondary N) is 2. The molecule has 1 aromatic heterocycles. The fraction of sp³-hybridized carbons (Fsp3) is 0.286. The summed E-state index contributed by atoms with van der Waals surface area (Å²) in [5, 5.41) is 6.10. The van der Waals surface area contributed by atoms with Crippen molar-refractivity contribution in [3.63, 3.8) is 0 Å². The van der Waals surface area contributed by atoms with Crippen LogP contribution < -0.4 is 10.6 Å². The smallest absolute Gasteiger partial charge is 0.224 e. The Morgan fingerprint density at radius 1 is 1.25 bits per heavy atom. The molecule has 1 heterocycles. The Morgan fingerprint density at radius 3 is 2.50 bits per heavy atom. The Labute approximate surface area is 126 Å². The average Bonchev–Trinajstić information content (AvgIpc) is 2.43. The average molecular weight is 339 g/mol. The zero-order chi connectivity index (χ0) is 14.7. The molecule has 4 nitrogen and oxygen atoms in total. The summed E-state index contributed by atoms with van der Waals surface area (Å²) in [5.41, 5.74) is 2.32. The third kappa shape index (κ3) is 3.25. The summed E-state index contributed by atoms with van der Waals surface area (Å²) in [6.45, 7) is 4.11. The summed E-state index contributed by atoms with van der Waals surface area (Å²) in [7, 11) is 1.76. The van der Waals surface area contributed by atoms with E-state index in [1.165, 1.54) is 0 Å². The van der Waals surface area contributed by atoms with Crippen LogP contribution in [0.2, 0.25) is 0 Å². The van der Waals surface area contributed by atoms with Gasteiger partial charge in [0.25, 0.3) is 0 Å². The quantitative estimate of drug-likeness (QED) is 0.893. The summed E-state index contributed by atoms with van der Waals surface area (Å²) < 4.78 is 14.4. The van der Waals surface area contributed by atoms with Gasteiger partial charge in [-0.3, -0.25) is 0 Å². The van der Waals surface area contributed by atoms with Crippen LogP contribution in [0.15, 0.2) is 22.8 Å². The van der Waals surface area contributed by atoms with Gasteiger partial charge in [-0.2, -0.15) is 4.98 Å². The second-order valence-electron chi connectivity index (χ2n) is 4.54. The van der Waals surface area contributed by atoms with Gasteiger partial charge in [0.05, 0.1) is 4.47 Å². The largest absolute Gasteiger partial charge is 0.365 e. The fourth-order valence-corrected chi connectivity index (χ4v) is 2.27. The van der Waals surface area contributed by atoms with Gasteiger partial charge in [0, 0.05) is 19.8 Å².